The third kappa shape index (κ3) is 4.93. The molecule has 158 valence electrons. The minimum atomic E-state index is -0.168. The highest BCUT2D eigenvalue weighted by molar-refractivity contribution is 6.01. The molecular formula is C24H28N2O4. The van der Waals surface area contributed by atoms with Crippen molar-refractivity contribution in [3.8, 4) is 11.5 Å². The Morgan fingerprint density at radius 3 is 2.63 bits per heavy atom. The molecule has 2 aromatic rings. The van der Waals surface area contributed by atoms with Gasteiger partial charge in [0.25, 0.3) is 0 Å². The molecule has 0 spiro atoms. The van der Waals surface area contributed by atoms with Gasteiger partial charge in [-0.1, -0.05) is 56.3 Å². The summed E-state index contributed by atoms with van der Waals surface area (Å²) in [5.74, 6) is 1.60. The van der Waals surface area contributed by atoms with Crippen molar-refractivity contribution in [2.24, 2.45) is 10.6 Å². The van der Waals surface area contributed by atoms with Crippen molar-refractivity contribution in [2.45, 2.75) is 46.3 Å². The molecular weight excluding hydrogens is 380 g/mol. The highest BCUT2D eigenvalue weighted by atomic mass is 16.7. The molecule has 0 saturated carbocycles. The molecule has 0 fully saturated rings. The fourth-order valence-electron chi connectivity index (χ4n) is 3.64. The Balaban J connectivity index is 1.43. The summed E-state index contributed by atoms with van der Waals surface area (Å²) in [6.07, 6.45) is 0.967. The van der Waals surface area contributed by atoms with Crippen LogP contribution in [0.5, 0.6) is 11.5 Å². The van der Waals surface area contributed by atoms with Crippen LogP contribution in [0.15, 0.2) is 53.7 Å². The number of carbonyl (C=O) groups is 1. The first kappa shape index (κ1) is 20.3. The number of oxime groups is 1. The highest BCUT2D eigenvalue weighted by Crippen LogP contribution is 2.34. The van der Waals surface area contributed by atoms with Gasteiger partial charge < -0.3 is 19.2 Å². The number of hydrogen-bond acceptors (Lipinski definition) is 5. The molecule has 2 aromatic carbocycles. The summed E-state index contributed by atoms with van der Waals surface area (Å²) in [7, 11) is 0. The van der Waals surface area contributed by atoms with Gasteiger partial charge in [-0.25, -0.2) is 0 Å². The van der Waals surface area contributed by atoms with E-state index in [1.807, 2.05) is 53.4 Å². The monoisotopic (exact) mass is 408 g/mol. The van der Waals surface area contributed by atoms with Gasteiger partial charge in [0.2, 0.25) is 12.7 Å². The van der Waals surface area contributed by atoms with E-state index in [1.54, 1.807) is 0 Å². The van der Waals surface area contributed by atoms with Gasteiger partial charge in [0.05, 0.1) is 12.3 Å². The van der Waals surface area contributed by atoms with Crippen LogP contribution < -0.4 is 9.47 Å². The van der Waals surface area contributed by atoms with Crippen LogP contribution in [0.2, 0.25) is 0 Å². The molecule has 1 amide bonds. The van der Waals surface area contributed by atoms with Crippen molar-refractivity contribution in [1.29, 1.82) is 0 Å². The topological polar surface area (TPSA) is 60.4 Å². The van der Waals surface area contributed by atoms with E-state index in [-0.39, 0.29) is 24.2 Å². The number of ether oxygens (including phenoxy) is 2. The predicted molar refractivity (Wildman–Crippen MR) is 115 cm³/mol. The van der Waals surface area contributed by atoms with Crippen LogP contribution >= 0.6 is 0 Å². The second-order valence-electron chi connectivity index (χ2n) is 9.03. The number of nitrogens with zero attached hydrogens (tertiary/aromatic N) is 2. The quantitative estimate of drug-likeness (QED) is 0.712. The smallest absolute Gasteiger partial charge is 0.231 e. The average molecular weight is 408 g/mol. The maximum absolute atomic E-state index is 13.0. The van der Waals surface area contributed by atoms with Crippen molar-refractivity contribution in [3.05, 3.63) is 59.7 Å². The molecule has 6 heteroatoms. The fraction of sp³-hybridized carbons (Fsp3) is 0.417. The summed E-state index contributed by atoms with van der Waals surface area (Å²) >= 11 is 0. The van der Waals surface area contributed by atoms with E-state index >= 15 is 0 Å². The first-order valence-electron chi connectivity index (χ1n) is 10.3. The van der Waals surface area contributed by atoms with Crippen molar-refractivity contribution in [3.63, 3.8) is 0 Å². The summed E-state index contributed by atoms with van der Waals surface area (Å²) in [6.45, 7) is 7.56. The Bertz CT molecular complexity index is 934. The zero-order valence-corrected chi connectivity index (χ0v) is 17.8. The van der Waals surface area contributed by atoms with E-state index in [0.717, 1.165) is 28.3 Å². The van der Waals surface area contributed by atoms with Gasteiger partial charge in [-0.15, -0.1) is 0 Å². The minimum absolute atomic E-state index is 0.0727. The van der Waals surface area contributed by atoms with Crippen molar-refractivity contribution in [2.75, 3.05) is 13.3 Å². The SMILES string of the molecule is CC(C)(C)CC(=O)N(Cc1ccccc1)CC1CC(c2ccc3c(c2)OCO3)=NO1. The third-order valence-electron chi connectivity index (χ3n) is 5.11. The predicted octanol–water partition coefficient (Wildman–Crippen LogP) is 4.37. The van der Waals surface area contributed by atoms with Gasteiger partial charge in [-0.2, -0.15) is 0 Å². The lowest BCUT2D eigenvalue weighted by atomic mass is 9.91. The Hall–Kier alpha value is -3.02. The molecule has 2 aliphatic heterocycles. The van der Waals surface area contributed by atoms with Gasteiger partial charge in [0.15, 0.2) is 17.6 Å². The molecule has 0 radical (unpaired) electrons. The molecule has 1 atom stereocenters. The van der Waals surface area contributed by atoms with E-state index in [2.05, 4.69) is 25.9 Å². The van der Waals surface area contributed by atoms with Crippen molar-refractivity contribution >= 4 is 11.6 Å². The molecule has 0 bridgehead atoms. The number of amides is 1. The van der Waals surface area contributed by atoms with Crippen molar-refractivity contribution in [1.82, 2.24) is 4.90 Å². The zero-order chi connectivity index (χ0) is 21.1. The standard InChI is InChI=1S/C24H28N2O4/c1-24(2,3)13-23(27)26(14-17-7-5-4-6-8-17)15-19-12-20(25-30-19)18-9-10-21-22(11-18)29-16-28-21/h4-11,19H,12-16H2,1-3H3. The molecule has 1 unspecified atom stereocenters. The number of benzene rings is 2. The second kappa shape index (κ2) is 8.38. The maximum atomic E-state index is 13.0. The number of rotatable bonds is 6. The molecule has 4 rings (SSSR count). The van der Waals surface area contributed by atoms with Gasteiger partial charge in [-0.3, -0.25) is 4.79 Å². The molecule has 0 saturated heterocycles. The maximum Gasteiger partial charge on any atom is 0.231 e. The first-order valence-corrected chi connectivity index (χ1v) is 10.3. The van der Waals surface area contributed by atoms with E-state index in [9.17, 15) is 4.79 Å². The molecule has 0 aliphatic carbocycles. The Morgan fingerprint density at radius 2 is 1.87 bits per heavy atom. The van der Waals surface area contributed by atoms with E-state index < -0.39 is 0 Å². The zero-order valence-electron chi connectivity index (χ0n) is 17.8. The normalized spacial score (nSPS) is 17.4. The van der Waals surface area contributed by atoms with Crippen LogP contribution in [0.1, 0.15) is 44.7 Å². The molecule has 30 heavy (non-hydrogen) atoms. The van der Waals surface area contributed by atoms with E-state index in [1.165, 1.54) is 0 Å². The van der Waals surface area contributed by atoms with Gasteiger partial charge in [0, 0.05) is 24.9 Å². The van der Waals surface area contributed by atoms with Crippen molar-refractivity contribution < 1.29 is 19.1 Å². The average Bonchev–Trinajstić information content (AvgIpc) is 3.35. The summed E-state index contributed by atoms with van der Waals surface area (Å²) in [5, 5.41) is 4.29. The van der Waals surface area contributed by atoms with E-state index in [4.69, 9.17) is 14.3 Å². The Labute approximate surface area is 177 Å². The van der Waals surface area contributed by atoms with E-state index in [0.29, 0.717) is 25.9 Å². The number of hydrogen-bond donors (Lipinski definition) is 0. The summed E-state index contributed by atoms with van der Waals surface area (Å²) in [4.78, 5) is 20.6. The first-order chi connectivity index (χ1) is 14.4. The van der Waals surface area contributed by atoms with Crippen LogP contribution in [0.3, 0.4) is 0 Å². The second-order valence-corrected chi connectivity index (χ2v) is 9.03. The molecule has 0 aromatic heterocycles. The van der Waals surface area contributed by atoms with Crippen LogP contribution in [-0.2, 0) is 16.2 Å². The lowest BCUT2D eigenvalue weighted by Crippen LogP contribution is -2.38. The van der Waals surface area contributed by atoms with Crippen LogP contribution in [0.25, 0.3) is 0 Å². The highest BCUT2D eigenvalue weighted by Gasteiger charge is 2.29. The molecule has 2 heterocycles. The van der Waals surface area contributed by atoms with Crippen LogP contribution in [0.4, 0.5) is 0 Å². The summed E-state index contributed by atoms with van der Waals surface area (Å²) in [6, 6.07) is 15.8. The summed E-state index contributed by atoms with van der Waals surface area (Å²) in [5.41, 5.74) is 2.85. The lowest BCUT2D eigenvalue weighted by molar-refractivity contribution is -0.135. The third-order valence-corrected chi connectivity index (χ3v) is 5.11. The van der Waals surface area contributed by atoms with Crippen LogP contribution in [-0.4, -0.2) is 36.0 Å². The van der Waals surface area contributed by atoms with Gasteiger partial charge in [0.1, 0.15) is 0 Å². The molecule has 6 nitrogen and oxygen atoms in total. The minimum Gasteiger partial charge on any atom is -0.454 e. The van der Waals surface area contributed by atoms with Gasteiger partial charge >= 0.3 is 0 Å². The number of fused-ring (bicyclic) bond motifs is 1. The number of carbonyl (C=O) groups excluding carboxylic acids is 1. The molecule has 2 aliphatic rings. The molecule has 0 N–H and O–H groups in total. The Morgan fingerprint density at radius 1 is 1.10 bits per heavy atom. The summed E-state index contributed by atoms with van der Waals surface area (Å²) < 4.78 is 10.8. The Kier molecular flexibility index (Phi) is 5.66. The van der Waals surface area contributed by atoms with Crippen LogP contribution in [0, 0.1) is 5.41 Å². The fourth-order valence-corrected chi connectivity index (χ4v) is 3.64. The largest absolute Gasteiger partial charge is 0.454 e. The lowest BCUT2D eigenvalue weighted by Gasteiger charge is -2.28. The van der Waals surface area contributed by atoms with Gasteiger partial charge in [-0.05, 0) is 29.2 Å².